The Morgan fingerprint density at radius 3 is 2.78 bits per heavy atom. The Balaban J connectivity index is 0.00000192. The minimum atomic E-state index is -0.373. The summed E-state index contributed by atoms with van der Waals surface area (Å²) in [5, 5.41) is 4.23. The van der Waals surface area contributed by atoms with Crippen LogP contribution < -0.4 is 5.73 Å². The SMILES string of the molecule is CC1CC(CN)CN1C(=O)c1ccn(-c2ccccc2F)n1.Cl. The summed E-state index contributed by atoms with van der Waals surface area (Å²) in [5.74, 6) is -0.159. The molecule has 2 heterocycles. The Morgan fingerprint density at radius 2 is 2.13 bits per heavy atom. The first-order chi connectivity index (χ1) is 10.6. The number of aromatic nitrogens is 2. The summed E-state index contributed by atoms with van der Waals surface area (Å²) in [6.07, 6.45) is 2.52. The summed E-state index contributed by atoms with van der Waals surface area (Å²) in [5.41, 5.74) is 6.35. The number of likely N-dealkylation sites (tertiary alicyclic amines) is 1. The highest BCUT2D eigenvalue weighted by Gasteiger charge is 2.33. The Hall–Kier alpha value is -1.92. The van der Waals surface area contributed by atoms with Gasteiger partial charge in [-0.15, -0.1) is 12.4 Å². The fraction of sp³-hybridized carbons (Fsp3) is 0.375. The maximum Gasteiger partial charge on any atom is 0.274 e. The van der Waals surface area contributed by atoms with Crippen molar-refractivity contribution >= 4 is 18.3 Å². The average Bonchev–Trinajstić information content (AvgIpc) is 3.14. The van der Waals surface area contributed by atoms with Gasteiger partial charge in [0.2, 0.25) is 0 Å². The van der Waals surface area contributed by atoms with Crippen LogP contribution in [0.1, 0.15) is 23.8 Å². The van der Waals surface area contributed by atoms with Gasteiger partial charge in [-0.1, -0.05) is 12.1 Å². The van der Waals surface area contributed by atoms with Gasteiger partial charge in [0.25, 0.3) is 5.91 Å². The molecular weight excluding hydrogens is 319 g/mol. The zero-order valence-corrected chi connectivity index (χ0v) is 13.7. The number of nitrogens with two attached hydrogens (primary N) is 1. The van der Waals surface area contributed by atoms with E-state index >= 15 is 0 Å². The molecule has 2 atom stereocenters. The van der Waals surface area contributed by atoms with E-state index in [2.05, 4.69) is 5.10 Å². The van der Waals surface area contributed by atoms with Crippen LogP contribution in [0.25, 0.3) is 5.69 Å². The lowest BCUT2D eigenvalue weighted by Gasteiger charge is -2.20. The van der Waals surface area contributed by atoms with Crippen LogP contribution in [0.5, 0.6) is 0 Å². The number of benzene rings is 1. The first-order valence-corrected chi connectivity index (χ1v) is 7.41. The van der Waals surface area contributed by atoms with Gasteiger partial charge in [-0.25, -0.2) is 9.07 Å². The van der Waals surface area contributed by atoms with Gasteiger partial charge in [0.15, 0.2) is 5.69 Å². The third-order valence-corrected chi connectivity index (χ3v) is 4.16. The third-order valence-electron chi connectivity index (χ3n) is 4.16. The Bertz CT molecular complexity index is 690. The van der Waals surface area contributed by atoms with Crippen LogP contribution in [0.2, 0.25) is 0 Å². The molecule has 1 aromatic carbocycles. The molecule has 1 aliphatic heterocycles. The molecule has 3 rings (SSSR count). The number of rotatable bonds is 3. The molecule has 0 radical (unpaired) electrons. The van der Waals surface area contributed by atoms with E-state index in [1.54, 1.807) is 35.4 Å². The number of amides is 1. The molecule has 1 amide bonds. The molecule has 1 aliphatic rings. The molecule has 2 unspecified atom stereocenters. The molecule has 0 bridgehead atoms. The first kappa shape index (κ1) is 17.4. The maximum absolute atomic E-state index is 13.8. The maximum atomic E-state index is 13.8. The van der Waals surface area contributed by atoms with Crippen molar-refractivity contribution < 1.29 is 9.18 Å². The molecule has 0 spiro atoms. The van der Waals surface area contributed by atoms with Crippen molar-refractivity contribution in [3.63, 3.8) is 0 Å². The summed E-state index contributed by atoms with van der Waals surface area (Å²) in [6, 6.07) is 8.12. The van der Waals surface area contributed by atoms with Gasteiger partial charge in [-0.3, -0.25) is 4.79 Å². The van der Waals surface area contributed by atoms with E-state index in [9.17, 15) is 9.18 Å². The highest BCUT2D eigenvalue weighted by atomic mass is 35.5. The van der Waals surface area contributed by atoms with Crippen LogP contribution in [0.3, 0.4) is 0 Å². The second-order valence-corrected chi connectivity index (χ2v) is 5.74. The minimum Gasteiger partial charge on any atom is -0.334 e. The lowest BCUT2D eigenvalue weighted by atomic mass is 10.1. The molecule has 124 valence electrons. The molecule has 1 saturated heterocycles. The van der Waals surface area contributed by atoms with Crippen LogP contribution in [-0.2, 0) is 0 Å². The van der Waals surface area contributed by atoms with Gasteiger partial charge in [0.05, 0.1) is 0 Å². The smallest absolute Gasteiger partial charge is 0.274 e. The Kier molecular flexibility index (Phi) is 5.38. The lowest BCUT2D eigenvalue weighted by Crippen LogP contribution is -2.34. The van der Waals surface area contributed by atoms with Gasteiger partial charge in [-0.2, -0.15) is 5.10 Å². The van der Waals surface area contributed by atoms with Crippen molar-refractivity contribution in [1.29, 1.82) is 0 Å². The fourth-order valence-electron chi connectivity index (χ4n) is 2.95. The number of carbonyl (C=O) groups is 1. The van der Waals surface area contributed by atoms with Gasteiger partial charge < -0.3 is 10.6 Å². The topological polar surface area (TPSA) is 64.2 Å². The number of carbonyl (C=O) groups excluding carboxylic acids is 1. The zero-order valence-electron chi connectivity index (χ0n) is 12.9. The van der Waals surface area contributed by atoms with E-state index < -0.39 is 0 Å². The van der Waals surface area contributed by atoms with E-state index in [4.69, 9.17) is 5.73 Å². The Labute approximate surface area is 140 Å². The van der Waals surface area contributed by atoms with E-state index in [0.29, 0.717) is 30.4 Å². The van der Waals surface area contributed by atoms with Crippen molar-refractivity contribution in [3.05, 3.63) is 48.0 Å². The number of hydrogen-bond donors (Lipinski definition) is 1. The largest absolute Gasteiger partial charge is 0.334 e. The molecule has 23 heavy (non-hydrogen) atoms. The molecule has 0 aliphatic carbocycles. The standard InChI is InChI=1S/C16H19FN4O.ClH/c1-11-8-12(9-18)10-20(11)16(22)14-6-7-21(19-14)15-5-3-2-4-13(15)17;/h2-7,11-12H,8-10,18H2,1H3;1H. The van der Waals surface area contributed by atoms with Crippen molar-refractivity contribution in [2.75, 3.05) is 13.1 Å². The highest BCUT2D eigenvalue weighted by Crippen LogP contribution is 2.24. The van der Waals surface area contributed by atoms with Crippen LogP contribution >= 0.6 is 12.4 Å². The van der Waals surface area contributed by atoms with E-state index in [1.807, 2.05) is 6.92 Å². The molecule has 1 fully saturated rings. The van der Waals surface area contributed by atoms with Crippen molar-refractivity contribution in [3.8, 4) is 5.69 Å². The van der Waals surface area contributed by atoms with Gasteiger partial charge in [0, 0.05) is 18.8 Å². The summed E-state index contributed by atoms with van der Waals surface area (Å²) >= 11 is 0. The minimum absolute atomic E-state index is 0. The fourth-order valence-corrected chi connectivity index (χ4v) is 2.95. The third kappa shape index (κ3) is 3.38. The van der Waals surface area contributed by atoms with E-state index in [-0.39, 0.29) is 30.2 Å². The van der Waals surface area contributed by atoms with Crippen LogP contribution in [-0.4, -0.2) is 39.7 Å². The normalized spacial score (nSPS) is 20.4. The summed E-state index contributed by atoms with van der Waals surface area (Å²) in [7, 11) is 0. The first-order valence-electron chi connectivity index (χ1n) is 7.41. The Morgan fingerprint density at radius 1 is 1.39 bits per heavy atom. The summed E-state index contributed by atoms with van der Waals surface area (Å²) in [6.45, 7) is 3.25. The molecule has 0 saturated carbocycles. The van der Waals surface area contributed by atoms with Crippen LogP contribution in [0.4, 0.5) is 4.39 Å². The highest BCUT2D eigenvalue weighted by molar-refractivity contribution is 5.92. The van der Waals surface area contributed by atoms with Crippen LogP contribution in [0, 0.1) is 11.7 Å². The molecule has 7 heteroatoms. The predicted octanol–water partition coefficient (Wildman–Crippen LogP) is 2.24. The lowest BCUT2D eigenvalue weighted by molar-refractivity contribution is 0.0737. The van der Waals surface area contributed by atoms with Crippen LogP contribution in [0.15, 0.2) is 36.5 Å². The number of nitrogens with zero attached hydrogens (tertiary/aromatic N) is 3. The van der Waals surface area contributed by atoms with Gasteiger partial charge in [-0.05, 0) is 44.0 Å². The zero-order chi connectivity index (χ0) is 15.7. The molecule has 2 aromatic rings. The van der Waals surface area contributed by atoms with Crippen molar-refractivity contribution in [2.45, 2.75) is 19.4 Å². The van der Waals surface area contributed by atoms with Crippen molar-refractivity contribution in [1.82, 2.24) is 14.7 Å². The average molecular weight is 339 g/mol. The van der Waals surface area contributed by atoms with Crippen molar-refractivity contribution in [2.24, 2.45) is 11.7 Å². The van der Waals surface area contributed by atoms with Gasteiger partial charge >= 0.3 is 0 Å². The van der Waals surface area contributed by atoms with E-state index in [0.717, 1.165) is 6.42 Å². The molecule has 1 aromatic heterocycles. The predicted molar refractivity (Wildman–Crippen MR) is 88.4 cm³/mol. The second kappa shape index (κ2) is 7.10. The molecule has 2 N–H and O–H groups in total. The quantitative estimate of drug-likeness (QED) is 0.933. The molecular formula is C16H20ClFN4O. The number of para-hydroxylation sites is 1. The monoisotopic (exact) mass is 338 g/mol. The summed E-state index contributed by atoms with van der Waals surface area (Å²) in [4.78, 5) is 14.4. The summed E-state index contributed by atoms with van der Waals surface area (Å²) < 4.78 is 15.2. The van der Waals surface area contributed by atoms with E-state index in [1.165, 1.54) is 10.7 Å². The second-order valence-electron chi connectivity index (χ2n) is 5.74. The molecule has 5 nitrogen and oxygen atoms in total. The number of halogens is 2. The number of hydrogen-bond acceptors (Lipinski definition) is 3. The van der Waals surface area contributed by atoms with Gasteiger partial charge in [0.1, 0.15) is 11.5 Å².